The van der Waals surface area contributed by atoms with Crippen molar-refractivity contribution in [3.8, 4) is 5.75 Å². The zero-order chi connectivity index (χ0) is 14.4. The summed E-state index contributed by atoms with van der Waals surface area (Å²) in [5, 5.41) is 0.503. The van der Waals surface area contributed by atoms with Gasteiger partial charge in [-0.1, -0.05) is 11.6 Å². The molecule has 0 saturated carbocycles. The van der Waals surface area contributed by atoms with Crippen LogP contribution in [-0.2, 0) is 14.3 Å². The molecule has 0 unspecified atom stereocenters. The van der Waals surface area contributed by atoms with E-state index >= 15 is 0 Å². The summed E-state index contributed by atoms with van der Waals surface area (Å²) in [5.74, 6) is -0.0934. The number of carbonyl (C=O) groups excluding carboxylic acids is 2. The van der Waals surface area contributed by atoms with Crippen LogP contribution in [0.5, 0.6) is 5.75 Å². The van der Waals surface area contributed by atoms with Crippen LogP contribution in [0.4, 0.5) is 5.69 Å². The van der Waals surface area contributed by atoms with Crippen LogP contribution >= 0.6 is 11.6 Å². The number of anilines is 1. The van der Waals surface area contributed by atoms with E-state index in [1.54, 1.807) is 25.2 Å². The van der Waals surface area contributed by atoms with Crippen molar-refractivity contribution in [2.24, 2.45) is 0 Å². The molecule has 0 spiro atoms. The number of ether oxygens (including phenoxy) is 2. The third kappa shape index (κ3) is 4.13. The Balaban J connectivity index is 2.81. The van der Waals surface area contributed by atoms with Crippen LogP contribution in [0.2, 0.25) is 5.02 Å². The van der Waals surface area contributed by atoms with Gasteiger partial charge >= 0.3 is 5.97 Å². The molecular formula is C13H16ClNO4. The van der Waals surface area contributed by atoms with Gasteiger partial charge in [0.25, 0.3) is 0 Å². The maximum atomic E-state index is 12.0. The number of hydrogen-bond acceptors (Lipinski definition) is 4. The molecule has 0 aromatic heterocycles. The number of amides is 1. The standard InChI is InChI=1S/C13H16ClNO4/c1-15(12(16)6-7-13(17)19-3)10-8-9(14)4-5-11(10)18-2/h4-5,8H,6-7H2,1-3H3. The van der Waals surface area contributed by atoms with E-state index in [0.29, 0.717) is 16.5 Å². The van der Waals surface area contributed by atoms with Gasteiger partial charge in [0.15, 0.2) is 0 Å². The second-order valence-electron chi connectivity index (χ2n) is 3.85. The summed E-state index contributed by atoms with van der Waals surface area (Å²) in [7, 11) is 4.41. The lowest BCUT2D eigenvalue weighted by Crippen LogP contribution is -2.27. The average molecular weight is 286 g/mol. The minimum Gasteiger partial charge on any atom is -0.495 e. The Kier molecular flexibility index (Phi) is 5.63. The lowest BCUT2D eigenvalue weighted by atomic mass is 10.2. The number of rotatable bonds is 5. The number of methoxy groups -OCH3 is 2. The topological polar surface area (TPSA) is 55.8 Å². The zero-order valence-electron chi connectivity index (χ0n) is 11.1. The van der Waals surface area contributed by atoms with E-state index in [4.69, 9.17) is 16.3 Å². The summed E-state index contributed by atoms with van der Waals surface area (Å²) in [6.45, 7) is 0. The molecule has 6 heteroatoms. The molecular weight excluding hydrogens is 270 g/mol. The summed E-state index contributed by atoms with van der Waals surface area (Å²) in [6.07, 6.45) is 0.112. The molecule has 0 heterocycles. The quantitative estimate of drug-likeness (QED) is 0.779. The van der Waals surface area contributed by atoms with Gasteiger partial charge in [-0.2, -0.15) is 0 Å². The SMILES string of the molecule is COC(=O)CCC(=O)N(C)c1cc(Cl)ccc1OC. The minimum atomic E-state index is -0.417. The van der Waals surface area contributed by atoms with Gasteiger partial charge in [-0.25, -0.2) is 0 Å². The van der Waals surface area contributed by atoms with Gasteiger partial charge in [0.1, 0.15) is 5.75 Å². The summed E-state index contributed by atoms with van der Waals surface area (Å²) < 4.78 is 9.67. The van der Waals surface area contributed by atoms with Crippen LogP contribution < -0.4 is 9.64 Å². The van der Waals surface area contributed by atoms with Gasteiger partial charge in [-0.05, 0) is 18.2 Å². The van der Waals surface area contributed by atoms with Crippen molar-refractivity contribution in [2.45, 2.75) is 12.8 Å². The van der Waals surface area contributed by atoms with E-state index in [1.165, 1.54) is 19.1 Å². The number of nitrogens with zero attached hydrogens (tertiary/aromatic N) is 1. The number of carbonyl (C=O) groups is 2. The summed E-state index contributed by atoms with van der Waals surface area (Å²) >= 11 is 5.90. The molecule has 1 aromatic rings. The fourth-order valence-electron chi connectivity index (χ4n) is 1.54. The van der Waals surface area contributed by atoms with E-state index in [9.17, 15) is 9.59 Å². The average Bonchev–Trinajstić information content (AvgIpc) is 2.43. The molecule has 1 amide bonds. The number of hydrogen-bond donors (Lipinski definition) is 0. The Morgan fingerprint density at radius 3 is 2.53 bits per heavy atom. The summed E-state index contributed by atoms with van der Waals surface area (Å²) in [4.78, 5) is 24.4. The Morgan fingerprint density at radius 2 is 1.95 bits per heavy atom. The Bertz CT molecular complexity index is 476. The van der Waals surface area contributed by atoms with E-state index in [1.807, 2.05) is 0 Å². The second-order valence-corrected chi connectivity index (χ2v) is 4.28. The lowest BCUT2D eigenvalue weighted by molar-refractivity contribution is -0.141. The first-order valence-corrected chi connectivity index (χ1v) is 6.04. The third-order valence-corrected chi connectivity index (χ3v) is 2.88. The van der Waals surface area contributed by atoms with Crippen LogP contribution in [-0.4, -0.2) is 33.1 Å². The number of esters is 1. The number of halogens is 1. The molecule has 0 N–H and O–H groups in total. The van der Waals surface area contributed by atoms with Gasteiger partial charge in [-0.15, -0.1) is 0 Å². The maximum absolute atomic E-state index is 12.0. The Labute approximate surface area is 117 Å². The highest BCUT2D eigenvalue weighted by Crippen LogP contribution is 2.30. The first kappa shape index (κ1) is 15.3. The van der Waals surface area contributed by atoms with E-state index in [0.717, 1.165) is 0 Å². The zero-order valence-corrected chi connectivity index (χ0v) is 11.9. The van der Waals surface area contributed by atoms with Crippen molar-refractivity contribution < 1.29 is 19.1 Å². The van der Waals surface area contributed by atoms with Crippen molar-refractivity contribution in [2.75, 3.05) is 26.2 Å². The fourth-order valence-corrected chi connectivity index (χ4v) is 1.70. The van der Waals surface area contributed by atoms with Crippen molar-refractivity contribution >= 4 is 29.2 Å². The Morgan fingerprint density at radius 1 is 1.26 bits per heavy atom. The molecule has 0 radical (unpaired) electrons. The molecule has 0 aliphatic carbocycles. The van der Waals surface area contributed by atoms with Crippen LogP contribution in [0.25, 0.3) is 0 Å². The van der Waals surface area contributed by atoms with Crippen molar-refractivity contribution in [1.82, 2.24) is 0 Å². The molecule has 0 atom stereocenters. The summed E-state index contributed by atoms with van der Waals surface area (Å²) in [5.41, 5.74) is 0.560. The summed E-state index contributed by atoms with van der Waals surface area (Å²) in [6, 6.07) is 4.99. The van der Waals surface area contributed by atoms with Gasteiger partial charge in [0.2, 0.25) is 5.91 Å². The van der Waals surface area contributed by atoms with Crippen molar-refractivity contribution in [1.29, 1.82) is 0 Å². The normalized spacial score (nSPS) is 9.89. The van der Waals surface area contributed by atoms with Gasteiger partial charge in [0, 0.05) is 18.5 Å². The first-order chi connectivity index (χ1) is 8.99. The molecule has 0 fully saturated rings. The molecule has 0 bridgehead atoms. The highest BCUT2D eigenvalue weighted by atomic mass is 35.5. The molecule has 0 aliphatic heterocycles. The molecule has 1 aromatic carbocycles. The molecule has 0 aliphatic rings. The van der Waals surface area contributed by atoms with Gasteiger partial charge < -0.3 is 14.4 Å². The van der Waals surface area contributed by atoms with Gasteiger partial charge in [0.05, 0.1) is 26.3 Å². The predicted octanol–water partition coefficient (Wildman–Crippen LogP) is 2.26. The smallest absolute Gasteiger partial charge is 0.306 e. The molecule has 1 rings (SSSR count). The highest BCUT2D eigenvalue weighted by Gasteiger charge is 2.17. The monoisotopic (exact) mass is 285 g/mol. The molecule has 104 valence electrons. The van der Waals surface area contributed by atoms with Crippen molar-refractivity contribution in [3.63, 3.8) is 0 Å². The maximum Gasteiger partial charge on any atom is 0.306 e. The molecule has 5 nitrogen and oxygen atoms in total. The van der Waals surface area contributed by atoms with E-state index < -0.39 is 5.97 Å². The van der Waals surface area contributed by atoms with Gasteiger partial charge in [-0.3, -0.25) is 9.59 Å². The molecule has 0 saturated heterocycles. The second kappa shape index (κ2) is 6.99. The lowest BCUT2D eigenvalue weighted by Gasteiger charge is -2.20. The third-order valence-electron chi connectivity index (χ3n) is 2.65. The Hall–Kier alpha value is -1.75. The fraction of sp³-hybridized carbons (Fsp3) is 0.385. The van der Waals surface area contributed by atoms with Crippen LogP contribution in [0.3, 0.4) is 0 Å². The first-order valence-electron chi connectivity index (χ1n) is 5.66. The van der Waals surface area contributed by atoms with Crippen LogP contribution in [0.1, 0.15) is 12.8 Å². The van der Waals surface area contributed by atoms with Crippen molar-refractivity contribution in [3.05, 3.63) is 23.2 Å². The van der Waals surface area contributed by atoms with E-state index in [2.05, 4.69) is 4.74 Å². The highest BCUT2D eigenvalue weighted by molar-refractivity contribution is 6.31. The van der Waals surface area contributed by atoms with Crippen LogP contribution in [0, 0.1) is 0 Å². The largest absolute Gasteiger partial charge is 0.495 e. The molecule has 19 heavy (non-hydrogen) atoms. The predicted molar refractivity (Wildman–Crippen MR) is 72.7 cm³/mol. The minimum absolute atomic E-state index is 0.0442. The van der Waals surface area contributed by atoms with Crippen LogP contribution in [0.15, 0.2) is 18.2 Å². The van der Waals surface area contributed by atoms with E-state index in [-0.39, 0.29) is 18.7 Å². The number of benzene rings is 1.